The van der Waals surface area contributed by atoms with Gasteiger partial charge in [0.05, 0.1) is 16.9 Å². The summed E-state index contributed by atoms with van der Waals surface area (Å²) in [6, 6.07) is 14.7. The van der Waals surface area contributed by atoms with Crippen molar-refractivity contribution in [3.8, 4) is 11.9 Å². The van der Waals surface area contributed by atoms with E-state index < -0.39 is 0 Å². The van der Waals surface area contributed by atoms with E-state index in [4.69, 9.17) is 5.26 Å². The number of carbonyl (C=O) groups excluding carboxylic acids is 1. The monoisotopic (exact) mass is 378 g/mol. The molecule has 0 bridgehead atoms. The van der Waals surface area contributed by atoms with Crippen molar-refractivity contribution >= 4 is 23.4 Å². The fourth-order valence-corrected chi connectivity index (χ4v) is 3.27. The third-order valence-electron chi connectivity index (χ3n) is 3.75. The molecule has 2 aromatic heterocycles. The summed E-state index contributed by atoms with van der Waals surface area (Å²) < 4.78 is 1.75. The van der Waals surface area contributed by atoms with E-state index in [-0.39, 0.29) is 5.91 Å². The highest BCUT2D eigenvalue weighted by Gasteiger charge is 2.08. The number of para-hydroxylation sites is 1. The normalized spacial score (nSPS) is 10.4. The van der Waals surface area contributed by atoms with Gasteiger partial charge in [-0.15, -0.1) is 22.0 Å². The van der Waals surface area contributed by atoms with Crippen molar-refractivity contribution in [1.82, 2.24) is 20.0 Å². The topological polar surface area (TPSA) is 96.5 Å². The molecule has 1 amide bonds. The number of nitrogens with zero attached hydrogens (tertiary/aromatic N) is 5. The lowest BCUT2D eigenvalue weighted by atomic mass is 10.2. The van der Waals surface area contributed by atoms with Crippen molar-refractivity contribution in [1.29, 1.82) is 5.26 Å². The number of nitrogens with one attached hydrogen (secondary N) is 1. The van der Waals surface area contributed by atoms with E-state index in [2.05, 4.69) is 26.7 Å². The number of aryl methyl sites for hydroxylation is 2. The molecule has 27 heavy (non-hydrogen) atoms. The summed E-state index contributed by atoms with van der Waals surface area (Å²) in [5.74, 6) is 1.09. The minimum atomic E-state index is -0.141. The molecular weight excluding hydrogens is 360 g/mol. The van der Waals surface area contributed by atoms with Gasteiger partial charge in [0, 0.05) is 17.9 Å². The number of hydrogen-bond donors (Lipinski definition) is 1. The lowest BCUT2D eigenvalue weighted by Gasteiger charge is -2.07. The summed E-state index contributed by atoms with van der Waals surface area (Å²) in [7, 11) is 0. The number of nitriles is 1. The Labute approximate surface area is 161 Å². The van der Waals surface area contributed by atoms with Crippen LogP contribution in [0.15, 0.2) is 47.5 Å². The van der Waals surface area contributed by atoms with Crippen LogP contribution in [0.25, 0.3) is 5.82 Å². The van der Waals surface area contributed by atoms with Crippen molar-refractivity contribution in [2.24, 2.45) is 0 Å². The highest BCUT2D eigenvalue weighted by molar-refractivity contribution is 7.99. The second-order valence-corrected chi connectivity index (χ2v) is 6.99. The van der Waals surface area contributed by atoms with Gasteiger partial charge in [-0.1, -0.05) is 12.1 Å². The molecular formula is C19H18N6OS. The Bertz CT molecular complexity index is 990. The van der Waals surface area contributed by atoms with Crippen molar-refractivity contribution < 1.29 is 4.79 Å². The molecule has 0 radical (unpaired) electrons. The Kier molecular flexibility index (Phi) is 5.84. The molecule has 0 aliphatic heterocycles. The smallest absolute Gasteiger partial charge is 0.225 e. The fraction of sp³-hybridized carbons (Fsp3) is 0.211. The molecule has 0 saturated heterocycles. The lowest BCUT2D eigenvalue weighted by molar-refractivity contribution is -0.115. The molecule has 0 spiro atoms. The summed E-state index contributed by atoms with van der Waals surface area (Å²) in [6.45, 7) is 3.90. The van der Waals surface area contributed by atoms with Crippen LogP contribution in [0.4, 0.5) is 5.69 Å². The molecule has 0 aliphatic carbocycles. The largest absolute Gasteiger partial charge is 0.325 e. The molecule has 0 fully saturated rings. The molecule has 0 aliphatic rings. The van der Waals surface area contributed by atoms with E-state index >= 15 is 0 Å². The minimum Gasteiger partial charge on any atom is -0.325 e. The van der Waals surface area contributed by atoms with Gasteiger partial charge in [-0.25, -0.2) is 4.68 Å². The number of rotatable bonds is 6. The zero-order chi connectivity index (χ0) is 19.2. The van der Waals surface area contributed by atoms with E-state index in [1.165, 1.54) is 11.8 Å². The molecule has 7 nitrogen and oxygen atoms in total. The predicted molar refractivity (Wildman–Crippen MR) is 104 cm³/mol. The fourth-order valence-electron chi connectivity index (χ4n) is 2.51. The molecule has 1 aromatic carbocycles. The van der Waals surface area contributed by atoms with E-state index in [0.717, 1.165) is 16.4 Å². The predicted octanol–water partition coefficient (Wildman–Crippen LogP) is 3.27. The third-order valence-corrected chi connectivity index (χ3v) is 4.68. The van der Waals surface area contributed by atoms with Crippen LogP contribution < -0.4 is 5.32 Å². The standard InChI is InChI=1S/C19H18N6OS/c1-13-11-14(2)25(24-13)17-7-8-19(23-22-17)27-10-9-18(26)21-16-6-4-3-5-15(16)12-20/h3-8,11H,9-10H2,1-2H3,(H,21,26). The molecule has 136 valence electrons. The Balaban J connectivity index is 1.52. The van der Waals surface area contributed by atoms with Crippen LogP contribution in [0.2, 0.25) is 0 Å². The molecule has 0 atom stereocenters. The van der Waals surface area contributed by atoms with Gasteiger partial charge in [0.1, 0.15) is 11.1 Å². The zero-order valence-electron chi connectivity index (χ0n) is 15.0. The van der Waals surface area contributed by atoms with Gasteiger partial charge in [0.25, 0.3) is 0 Å². The van der Waals surface area contributed by atoms with Gasteiger partial charge in [-0.3, -0.25) is 4.79 Å². The van der Waals surface area contributed by atoms with Crippen molar-refractivity contribution in [2.45, 2.75) is 25.3 Å². The van der Waals surface area contributed by atoms with Gasteiger partial charge in [-0.05, 0) is 44.2 Å². The summed E-state index contributed by atoms with van der Waals surface area (Å²) in [5, 5.41) is 25.3. The molecule has 3 rings (SSSR count). The maximum atomic E-state index is 12.1. The van der Waals surface area contributed by atoms with Gasteiger partial charge in [-0.2, -0.15) is 10.4 Å². The SMILES string of the molecule is Cc1cc(C)n(-c2ccc(SCCC(=O)Nc3ccccc3C#N)nn2)n1. The van der Waals surface area contributed by atoms with E-state index in [1.807, 2.05) is 32.0 Å². The summed E-state index contributed by atoms with van der Waals surface area (Å²) in [5.41, 5.74) is 2.90. The Morgan fingerprint density at radius 3 is 2.70 bits per heavy atom. The van der Waals surface area contributed by atoms with Crippen molar-refractivity contribution in [2.75, 3.05) is 11.1 Å². The number of amides is 1. The Hall–Kier alpha value is -3.18. The van der Waals surface area contributed by atoms with Gasteiger partial charge in [0.2, 0.25) is 5.91 Å². The van der Waals surface area contributed by atoms with Crippen LogP contribution in [0.1, 0.15) is 23.4 Å². The average Bonchev–Trinajstić information content (AvgIpc) is 3.01. The number of hydrogen-bond acceptors (Lipinski definition) is 6. The van der Waals surface area contributed by atoms with Crippen molar-refractivity contribution in [3.05, 3.63) is 59.4 Å². The van der Waals surface area contributed by atoms with Gasteiger partial charge in [0.15, 0.2) is 5.82 Å². The summed E-state index contributed by atoms with van der Waals surface area (Å²) in [6.07, 6.45) is 0.311. The van der Waals surface area contributed by atoms with Crippen LogP contribution in [0.5, 0.6) is 0 Å². The first-order valence-electron chi connectivity index (χ1n) is 8.36. The first-order chi connectivity index (χ1) is 13.1. The second-order valence-electron chi connectivity index (χ2n) is 5.87. The number of benzene rings is 1. The van der Waals surface area contributed by atoms with Gasteiger partial charge < -0.3 is 5.32 Å². The summed E-state index contributed by atoms with van der Waals surface area (Å²) >= 11 is 1.45. The highest BCUT2D eigenvalue weighted by Crippen LogP contribution is 2.18. The molecule has 1 N–H and O–H groups in total. The van der Waals surface area contributed by atoms with Crippen molar-refractivity contribution in [3.63, 3.8) is 0 Å². The number of carbonyl (C=O) groups is 1. The number of anilines is 1. The first-order valence-corrected chi connectivity index (χ1v) is 9.34. The van der Waals surface area contributed by atoms with Crippen LogP contribution >= 0.6 is 11.8 Å². The first kappa shape index (κ1) is 18.6. The second kappa shape index (κ2) is 8.47. The van der Waals surface area contributed by atoms with E-state index in [1.54, 1.807) is 28.9 Å². The Morgan fingerprint density at radius 2 is 2.04 bits per heavy atom. The average molecular weight is 378 g/mol. The molecule has 0 saturated carbocycles. The minimum absolute atomic E-state index is 0.141. The van der Waals surface area contributed by atoms with Crippen LogP contribution in [-0.2, 0) is 4.79 Å². The molecule has 3 aromatic rings. The lowest BCUT2D eigenvalue weighted by Crippen LogP contribution is -2.13. The number of thioether (sulfide) groups is 1. The summed E-state index contributed by atoms with van der Waals surface area (Å²) in [4.78, 5) is 12.1. The molecule has 0 unspecified atom stereocenters. The third kappa shape index (κ3) is 4.71. The zero-order valence-corrected chi connectivity index (χ0v) is 15.8. The quantitative estimate of drug-likeness (QED) is 0.661. The van der Waals surface area contributed by atoms with Crippen LogP contribution in [0.3, 0.4) is 0 Å². The Morgan fingerprint density at radius 1 is 1.22 bits per heavy atom. The molecule has 2 heterocycles. The maximum Gasteiger partial charge on any atom is 0.225 e. The van der Waals surface area contributed by atoms with E-state index in [9.17, 15) is 4.79 Å². The van der Waals surface area contributed by atoms with Gasteiger partial charge >= 0.3 is 0 Å². The van der Waals surface area contributed by atoms with Crippen LogP contribution in [0, 0.1) is 25.2 Å². The number of aromatic nitrogens is 4. The van der Waals surface area contributed by atoms with Crippen LogP contribution in [-0.4, -0.2) is 31.6 Å². The highest BCUT2D eigenvalue weighted by atomic mass is 32.2. The van der Waals surface area contributed by atoms with E-state index in [0.29, 0.717) is 29.2 Å². The maximum absolute atomic E-state index is 12.1. The molecule has 8 heteroatoms.